The van der Waals surface area contributed by atoms with Crippen molar-refractivity contribution < 1.29 is 4.79 Å². The topological polar surface area (TPSA) is 32.3 Å². The highest BCUT2D eigenvalue weighted by atomic mass is 16.2. The molecule has 1 rings (SSSR count). The molecule has 1 atom stereocenters. The van der Waals surface area contributed by atoms with Gasteiger partial charge in [0.1, 0.15) is 0 Å². The van der Waals surface area contributed by atoms with Crippen LogP contribution in [0.3, 0.4) is 0 Å². The van der Waals surface area contributed by atoms with Crippen LogP contribution in [0.1, 0.15) is 47.0 Å². The van der Waals surface area contributed by atoms with Crippen LogP contribution >= 0.6 is 0 Å². The van der Waals surface area contributed by atoms with Crippen molar-refractivity contribution in [3.8, 4) is 0 Å². The van der Waals surface area contributed by atoms with Crippen LogP contribution in [0.15, 0.2) is 0 Å². The van der Waals surface area contributed by atoms with Crippen molar-refractivity contribution in [3.05, 3.63) is 0 Å². The lowest BCUT2D eigenvalue weighted by atomic mass is 9.98. The minimum atomic E-state index is -0.317. The molecule has 82 valence electrons. The number of amides is 1. The molecule has 1 amide bonds. The van der Waals surface area contributed by atoms with E-state index in [1.54, 1.807) is 0 Å². The third-order valence-electron chi connectivity index (χ3n) is 3.46. The molecule has 3 heteroatoms. The number of hydrogen-bond donors (Lipinski definition) is 1. The van der Waals surface area contributed by atoms with Crippen LogP contribution in [0.4, 0.5) is 0 Å². The summed E-state index contributed by atoms with van der Waals surface area (Å²) in [6.07, 6.45) is 2.95. The van der Waals surface area contributed by atoms with Crippen molar-refractivity contribution in [1.82, 2.24) is 10.2 Å². The summed E-state index contributed by atoms with van der Waals surface area (Å²) in [6, 6.07) is 0.406. The molecular weight excluding hydrogens is 176 g/mol. The second-order valence-corrected chi connectivity index (χ2v) is 4.27. The van der Waals surface area contributed by atoms with E-state index in [9.17, 15) is 4.79 Å². The van der Waals surface area contributed by atoms with Crippen LogP contribution < -0.4 is 5.32 Å². The van der Waals surface area contributed by atoms with E-state index in [1.807, 2.05) is 11.8 Å². The average molecular weight is 198 g/mol. The molecule has 1 heterocycles. The Morgan fingerprint density at radius 2 is 2.00 bits per heavy atom. The number of hydrogen-bond acceptors (Lipinski definition) is 2. The molecule has 1 unspecified atom stereocenters. The van der Waals surface area contributed by atoms with Gasteiger partial charge in [0.15, 0.2) is 0 Å². The second-order valence-electron chi connectivity index (χ2n) is 4.27. The van der Waals surface area contributed by atoms with Gasteiger partial charge in [-0.2, -0.15) is 0 Å². The normalized spacial score (nSPS) is 27.8. The lowest BCUT2D eigenvalue weighted by Gasteiger charge is -2.27. The first-order valence-corrected chi connectivity index (χ1v) is 5.65. The Kier molecular flexibility index (Phi) is 3.53. The molecule has 0 aromatic carbocycles. The maximum absolute atomic E-state index is 12.1. The molecule has 0 radical (unpaired) electrons. The zero-order valence-electron chi connectivity index (χ0n) is 9.76. The first-order chi connectivity index (χ1) is 6.59. The van der Waals surface area contributed by atoms with Gasteiger partial charge in [-0.1, -0.05) is 20.8 Å². The predicted molar refractivity (Wildman–Crippen MR) is 57.9 cm³/mol. The second kappa shape index (κ2) is 4.30. The third-order valence-corrected chi connectivity index (χ3v) is 3.46. The van der Waals surface area contributed by atoms with Gasteiger partial charge in [-0.15, -0.1) is 0 Å². The number of nitrogens with one attached hydrogen (secondary N) is 1. The molecule has 3 nitrogen and oxygen atoms in total. The summed E-state index contributed by atoms with van der Waals surface area (Å²) in [7, 11) is 0. The van der Waals surface area contributed by atoms with Gasteiger partial charge in [0.25, 0.3) is 0 Å². The molecule has 0 aromatic rings. The number of carbonyl (C=O) groups excluding carboxylic acids is 1. The standard InChI is InChI=1S/C11H22N2O/c1-5-9(6-2)13-8-12-11(4,7-3)10(13)14/h9,12H,5-8H2,1-4H3. The Morgan fingerprint density at radius 1 is 1.43 bits per heavy atom. The summed E-state index contributed by atoms with van der Waals surface area (Å²) < 4.78 is 0. The monoisotopic (exact) mass is 198 g/mol. The molecule has 0 saturated carbocycles. The summed E-state index contributed by atoms with van der Waals surface area (Å²) in [4.78, 5) is 14.1. The third kappa shape index (κ3) is 1.78. The van der Waals surface area contributed by atoms with Crippen molar-refractivity contribution in [1.29, 1.82) is 0 Å². The van der Waals surface area contributed by atoms with E-state index in [-0.39, 0.29) is 11.4 Å². The maximum Gasteiger partial charge on any atom is 0.243 e. The fourth-order valence-electron chi connectivity index (χ4n) is 2.02. The summed E-state index contributed by atoms with van der Waals surface area (Å²) >= 11 is 0. The fourth-order valence-corrected chi connectivity index (χ4v) is 2.02. The highest BCUT2D eigenvalue weighted by Gasteiger charge is 2.42. The van der Waals surface area contributed by atoms with Crippen molar-refractivity contribution >= 4 is 5.91 Å². The summed E-state index contributed by atoms with van der Waals surface area (Å²) in [5.74, 6) is 0.272. The quantitative estimate of drug-likeness (QED) is 0.746. The van der Waals surface area contributed by atoms with Crippen LogP contribution in [0, 0.1) is 0 Å². The molecular formula is C11H22N2O. The average Bonchev–Trinajstić information content (AvgIpc) is 2.49. The Bertz CT molecular complexity index is 213. The Hall–Kier alpha value is -0.570. The number of nitrogens with zero attached hydrogens (tertiary/aromatic N) is 1. The maximum atomic E-state index is 12.1. The largest absolute Gasteiger partial charge is 0.325 e. The van der Waals surface area contributed by atoms with Crippen LogP contribution in [0.2, 0.25) is 0 Å². The van der Waals surface area contributed by atoms with E-state index in [2.05, 4.69) is 26.1 Å². The summed E-state index contributed by atoms with van der Waals surface area (Å²) in [5.41, 5.74) is -0.317. The van der Waals surface area contributed by atoms with Crippen LogP contribution in [-0.2, 0) is 4.79 Å². The fraction of sp³-hybridized carbons (Fsp3) is 0.909. The van der Waals surface area contributed by atoms with E-state index in [0.29, 0.717) is 6.04 Å². The van der Waals surface area contributed by atoms with Crippen molar-refractivity contribution in [3.63, 3.8) is 0 Å². The van der Waals surface area contributed by atoms with Gasteiger partial charge in [-0.05, 0) is 26.2 Å². The van der Waals surface area contributed by atoms with E-state index in [0.717, 1.165) is 25.9 Å². The van der Waals surface area contributed by atoms with Gasteiger partial charge < -0.3 is 4.90 Å². The first-order valence-electron chi connectivity index (χ1n) is 5.65. The molecule has 1 fully saturated rings. The van der Waals surface area contributed by atoms with Crippen molar-refractivity contribution in [2.45, 2.75) is 58.5 Å². The number of rotatable bonds is 4. The van der Waals surface area contributed by atoms with Crippen molar-refractivity contribution in [2.75, 3.05) is 6.67 Å². The lowest BCUT2D eigenvalue weighted by molar-refractivity contribution is -0.134. The van der Waals surface area contributed by atoms with Crippen LogP contribution in [0.5, 0.6) is 0 Å². The van der Waals surface area contributed by atoms with E-state index in [1.165, 1.54) is 0 Å². The molecule has 0 aliphatic carbocycles. The first kappa shape index (κ1) is 11.5. The zero-order chi connectivity index (χ0) is 10.8. The van der Waals surface area contributed by atoms with Crippen molar-refractivity contribution in [2.24, 2.45) is 0 Å². The minimum absolute atomic E-state index is 0.272. The molecule has 0 spiro atoms. The summed E-state index contributed by atoms with van der Waals surface area (Å²) in [6.45, 7) is 9.06. The lowest BCUT2D eigenvalue weighted by Crippen LogP contribution is -2.44. The zero-order valence-corrected chi connectivity index (χ0v) is 9.76. The SMILES string of the molecule is CCC(CC)N1CNC(C)(CC)C1=O. The summed E-state index contributed by atoms with van der Waals surface area (Å²) in [5, 5.41) is 3.31. The van der Waals surface area contributed by atoms with Gasteiger partial charge in [-0.3, -0.25) is 10.1 Å². The minimum Gasteiger partial charge on any atom is -0.325 e. The van der Waals surface area contributed by atoms with Gasteiger partial charge in [0, 0.05) is 6.04 Å². The predicted octanol–water partition coefficient (Wildman–Crippen LogP) is 1.73. The molecule has 1 aliphatic heterocycles. The van der Waals surface area contributed by atoms with E-state index < -0.39 is 0 Å². The van der Waals surface area contributed by atoms with Gasteiger partial charge in [-0.25, -0.2) is 0 Å². The molecule has 1 saturated heterocycles. The Balaban J connectivity index is 2.72. The van der Waals surface area contributed by atoms with E-state index in [4.69, 9.17) is 0 Å². The Morgan fingerprint density at radius 3 is 2.36 bits per heavy atom. The highest BCUT2D eigenvalue weighted by Crippen LogP contribution is 2.23. The molecule has 1 N–H and O–H groups in total. The van der Waals surface area contributed by atoms with Gasteiger partial charge in [0.2, 0.25) is 5.91 Å². The van der Waals surface area contributed by atoms with Crippen LogP contribution in [-0.4, -0.2) is 29.1 Å². The van der Waals surface area contributed by atoms with Gasteiger partial charge in [0.05, 0.1) is 12.2 Å². The smallest absolute Gasteiger partial charge is 0.243 e. The molecule has 14 heavy (non-hydrogen) atoms. The number of carbonyl (C=O) groups is 1. The van der Waals surface area contributed by atoms with E-state index >= 15 is 0 Å². The molecule has 0 aromatic heterocycles. The highest BCUT2D eigenvalue weighted by molar-refractivity contribution is 5.88. The Labute approximate surface area is 86.9 Å². The van der Waals surface area contributed by atoms with Crippen LogP contribution in [0.25, 0.3) is 0 Å². The molecule has 0 bridgehead atoms. The van der Waals surface area contributed by atoms with Gasteiger partial charge >= 0.3 is 0 Å². The molecule has 1 aliphatic rings.